The van der Waals surface area contributed by atoms with E-state index in [1.165, 1.54) is 18.2 Å². The molecule has 1 saturated carbocycles. The number of hydrogen-bond acceptors (Lipinski definition) is 3. The number of benzene rings is 2. The predicted molar refractivity (Wildman–Crippen MR) is 90.7 cm³/mol. The van der Waals surface area contributed by atoms with Gasteiger partial charge in [-0.3, -0.25) is 9.69 Å². The molecule has 0 bridgehead atoms. The highest BCUT2D eigenvalue weighted by molar-refractivity contribution is 5.73. The second-order valence-electron chi connectivity index (χ2n) is 6.22. The minimum absolute atomic E-state index is 0.0686. The molecule has 0 unspecified atom stereocenters. The maximum Gasteiger partial charge on any atom is 0.308 e. The van der Waals surface area contributed by atoms with Gasteiger partial charge in [0.15, 0.2) is 0 Å². The van der Waals surface area contributed by atoms with Crippen molar-refractivity contribution in [1.82, 2.24) is 4.90 Å². The Morgan fingerprint density at radius 1 is 0.957 bits per heavy atom. The third kappa shape index (κ3) is 3.99. The Kier molecular flexibility index (Phi) is 5.09. The zero-order chi connectivity index (χ0) is 16.1. The Morgan fingerprint density at radius 3 is 1.87 bits per heavy atom. The lowest BCUT2D eigenvalue weighted by atomic mass is 9.79. The van der Waals surface area contributed by atoms with E-state index in [0.717, 1.165) is 25.9 Å². The Morgan fingerprint density at radius 2 is 1.43 bits per heavy atom. The molecule has 2 aromatic rings. The average molecular weight is 309 g/mol. The van der Waals surface area contributed by atoms with E-state index in [-0.39, 0.29) is 11.9 Å². The summed E-state index contributed by atoms with van der Waals surface area (Å²) in [5.41, 5.74) is 2.62. The van der Waals surface area contributed by atoms with E-state index < -0.39 is 0 Å². The van der Waals surface area contributed by atoms with Gasteiger partial charge in [-0.25, -0.2) is 0 Å². The van der Waals surface area contributed by atoms with Crippen LogP contribution in [0.15, 0.2) is 60.7 Å². The number of carbonyl (C=O) groups excluding carboxylic acids is 1. The molecule has 120 valence electrons. The van der Waals surface area contributed by atoms with Crippen LogP contribution in [0.2, 0.25) is 0 Å². The molecule has 3 rings (SSSR count). The van der Waals surface area contributed by atoms with Crippen LogP contribution in [-0.4, -0.2) is 24.0 Å². The summed E-state index contributed by atoms with van der Waals surface area (Å²) in [7, 11) is 1.47. The Balaban J connectivity index is 1.68. The maximum atomic E-state index is 11.6. The third-order valence-electron chi connectivity index (χ3n) is 4.62. The molecule has 0 saturated heterocycles. The summed E-state index contributed by atoms with van der Waals surface area (Å²) < 4.78 is 4.86. The van der Waals surface area contributed by atoms with Gasteiger partial charge in [-0.05, 0) is 24.0 Å². The molecule has 0 atom stereocenters. The molecule has 1 aliphatic rings. The summed E-state index contributed by atoms with van der Waals surface area (Å²) in [6.45, 7) is 1.82. The van der Waals surface area contributed by atoms with Gasteiger partial charge in [0.2, 0.25) is 0 Å². The molecule has 0 amide bonds. The van der Waals surface area contributed by atoms with Gasteiger partial charge in [0.25, 0.3) is 0 Å². The molecule has 0 spiro atoms. The molecule has 1 aliphatic carbocycles. The molecule has 0 aliphatic heterocycles. The normalized spacial score (nSPS) is 20.1. The fourth-order valence-electron chi connectivity index (χ4n) is 3.20. The van der Waals surface area contributed by atoms with Crippen molar-refractivity contribution in [2.45, 2.75) is 32.0 Å². The van der Waals surface area contributed by atoms with Gasteiger partial charge in [-0.15, -0.1) is 0 Å². The number of esters is 1. The minimum Gasteiger partial charge on any atom is -0.469 e. The lowest BCUT2D eigenvalue weighted by molar-refractivity contribution is -0.151. The van der Waals surface area contributed by atoms with Crippen LogP contribution < -0.4 is 0 Å². The second-order valence-corrected chi connectivity index (χ2v) is 6.22. The minimum atomic E-state index is -0.0689. The van der Waals surface area contributed by atoms with E-state index in [1.807, 2.05) is 12.1 Å². The van der Waals surface area contributed by atoms with Crippen LogP contribution in [0.5, 0.6) is 0 Å². The van der Waals surface area contributed by atoms with Gasteiger partial charge < -0.3 is 4.74 Å². The number of rotatable bonds is 6. The number of hydrogen-bond donors (Lipinski definition) is 0. The van der Waals surface area contributed by atoms with Gasteiger partial charge in [-0.1, -0.05) is 60.7 Å². The topological polar surface area (TPSA) is 29.5 Å². The van der Waals surface area contributed by atoms with Crippen molar-refractivity contribution in [2.24, 2.45) is 5.92 Å². The first-order valence-electron chi connectivity index (χ1n) is 8.16. The van der Waals surface area contributed by atoms with Crippen molar-refractivity contribution in [1.29, 1.82) is 0 Å². The second kappa shape index (κ2) is 7.42. The smallest absolute Gasteiger partial charge is 0.308 e. The quantitative estimate of drug-likeness (QED) is 0.763. The van der Waals surface area contributed by atoms with Gasteiger partial charge in [0.05, 0.1) is 13.0 Å². The van der Waals surface area contributed by atoms with E-state index in [9.17, 15) is 4.79 Å². The molecule has 0 N–H and O–H groups in total. The van der Waals surface area contributed by atoms with Gasteiger partial charge in [-0.2, -0.15) is 0 Å². The van der Waals surface area contributed by atoms with Gasteiger partial charge in [0, 0.05) is 19.1 Å². The summed E-state index contributed by atoms with van der Waals surface area (Å²) in [4.78, 5) is 14.1. The average Bonchev–Trinajstić information content (AvgIpc) is 2.55. The van der Waals surface area contributed by atoms with Crippen LogP contribution in [0.3, 0.4) is 0 Å². The van der Waals surface area contributed by atoms with Crippen LogP contribution in [0.25, 0.3) is 0 Å². The summed E-state index contributed by atoms with van der Waals surface area (Å²) >= 11 is 0. The summed E-state index contributed by atoms with van der Waals surface area (Å²) in [5, 5.41) is 0. The summed E-state index contributed by atoms with van der Waals surface area (Å²) in [6, 6.07) is 21.5. The lowest BCUT2D eigenvalue weighted by Gasteiger charge is -2.41. The van der Waals surface area contributed by atoms with E-state index in [4.69, 9.17) is 4.74 Å². The molecule has 1 fully saturated rings. The molecule has 0 heterocycles. The van der Waals surface area contributed by atoms with E-state index in [0.29, 0.717) is 6.04 Å². The first-order chi connectivity index (χ1) is 11.3. The van der Waals surface area contributed by atoms with Crippen molar-refractivity contribution >= 4 is 5.97 Å². The van der Waals surface area contributed by atoms with Crippen molar-refractivity contribution in [3.05, 3.63) is 71.8 Å². The van der Waals surface area contributed by atoms with Gasteiger partial charge in [0.1, 0.15) is 0 Å². The predicted octanol–water partition coefficient (Wildman–Crippen LogP) is 3.64. The molecule has 2 aromatic carbocycles. The molecule has 0 radical (unpaired) electrons. The summed E-state index contributed by atoms with van der Waals surface area (Å²) in [5.74, 6) is -0.000307. The van der Waals surface area contributed by atoms with Crippen molar-refractivity contribution in [3.8, 4) is 0 Å². The first kappa shape index (κ1) is 15.8. The SMILES string of the molecule is COC(=O)[C@H]1C[C@@H](N(Cc2ccccc2)Cc2ccccc2)C1. The summed E-state index contributed by atoms with van der Waals surface area (Å²) in [6.07, 6.45) is 1.79. The van der Waals surface area contributed by atoms with Gasteiger partial charge >= 0.3 is 5.97 Å². The highest BCUT2D eigenvalue weighted by Crippen LogP contribution is 2.34. The van der Waals surface area contributed by atoms with Crippen LogP contribution in [0, 0.1) is 5.92 Å². The number of carbonyl (C=O) groups is 1. The maximum absolute atomic E-state index is 11.6. The highest BCUT2D eigenvalue weighted by atomic mass is 16.5. The van der Waals surface area contributed by atoms with Crippen LogP contribution in [0.4, 0.5) is 0 Å². The molecule has 0 aromatic heterocycles. The Labute approximate surface area is 137 Å². The van der Waals surface area contributed by atoms with Crippen LogP contribution >= 0.6 is 0 Å². The number of nitrogens with zero attached hydrogens (tertiary/aromatic N) is 1. The highest BCUT2D eigenvalue weighted by Gasteiger charge is 2.38. The zero-order valence-electron chi connectivity index (χ0n) is 13.5. The monoisotopic (exact) mass is 309 g/mol. The van der Waals surface area contributed by atoms with E-state index >= 15 is 0 Å². The van der Waals surface area contributed by atoms with E-state index in [2.05, 4.69) is 53.4 Å². The zero-order valence-corrected chi connectivity index (χ0v) is 13.5. The van der Waals surface area contributed by atoms with Crippen molar-refractivity contribution < 1.29 is 9.53 Å². The molecule has 23 heavy (non-hydrogen) atoms. The van der Waals surface area contributed by atoms with Crippen LogP contribution in [0.1, 0.15) is 24.0 Å². The first-order valence-corrected chi connectivity index (χ1v) is 8.16. The Bertz CT molecular complexity index is 579. The standard InChI is InChI=1S/C20H23NO2/c1-23-20(22)18-12-19(13-18)21(14-16-8-4-2-5-9-16)15-17-10-6-3-7-11-17/h2-11,18-19H,12-15H2,1H3/t18-,19+. The van der Waals surface area contributed by atoms with Crippen LogP contribution in [-0.2, 0) is 22.6 Å². The van der Waals surface area contributed by atoms with E-state index in [1.54, 1.807) is 0 Å². The molecular weight excluding hydrogens is 286 g/mol. The number of methoxy groups -OCH3 is 1. The number of ether oxygens (including phenoxy) is 1. The van der Waals surface area contributed by atoms with Crippen molar-refractivity contribution in [3.63, 3.8) is 0 Å². The largest absolute Gasteiger partial charge is 0.469 e. The Hall–Kier alpha value is -2.13. The molecular formula is C20H23NO2. The molecule has 3 nitrogen and oxygen atoms in total. The third-order valence-corrected chi connectivity index (χ3v) is 4.62. The lowest BCUT2D eigenvalue weighted by Crippen LogP contribution is -2.46. The fraction of sp³-hybridized carbons (Fsp3) is 0.350. The van der Waals surface area contributed by atoms with Crippen molar-refractivity contribution in [2.75, 3.05) is 7.11 Å². The molecule has 3 heteroatoms. The fourth-order valence-corrected chi connectivity index (χ4v) is 3.20.